The lowest BCUT2D eigenvalue weighted by Gasteiger charge is -2.34. The van der Waals surface area contributed by atoms with Gasteiger partial charge in [-0.2, -0.15) is 4.31 Å². The molecule has 2 unspecified atom stereocenters. The van der Waals surface area contributed by atoms with Crippen LogP contribution in [0.3, 0.4) is 0 Å². The van der Waals surface area contributed by atoms with Gasteiger partial charge in [0.05, 0.1) is 12.2 Å². The third kappa shape index (κ3) is 4.00. The second-order valence-corrected chi connectivity index (χ2v) is 7.25. The van der Waals surface area contributed by atoms with Gasteiger partial charge in [-0.1, -0.05) is 13.0 Å². The van der Waals surface area contributed by atoms with Crippen molar-refractivity contribution in [2.24, 2.45) is 0 Å². The fourth-order valence-electron chi connectivity index (χ4n) is 2.40. The predicted molar refractivity (Wildman–Crippen MR) is 80.4 cm³/mol. The molecule has 1 aromatic heterocycles. The lowest BCUT2D eigenvalue weighted by Crippen LogP contribution is -2.48. The summed E-state index contributed by atoms with van der Waals surface area (Å²) >= 11 is 0. The summed E-state index contributed by atoms with van der Waals surface area (Å²) in [6.45, 7) is 8.07. The molecular formula is C14H23N3O3S. The number of aromatic nitrogens is 1. The van der Waals surface area contributed by atoms with Crippen LogP contribution in [0.2, 0.25) is 0 Å². The van der Waals surface area contributed by atoms with Crippen molar-refractivity contribution < 1.29 is 13.2 Å². The van der Waals surface area contributed by atoms with Crippen LogP contribution in [0.15, 0.2) is 23.4 Å². The van der Waals surface area contributed by atoms with Gasteiger partial charge in [-0.05, 0) is 32.0 Å². The maximum atomic E-state index is 12.6. The Morgan fingerprint density at radius 1 is 1.33 bits per heavy atom. The Kier molecular flexibility index (Phi) is 5.32. The van der Waals surface area contributed by atoms with Gasteiger partial charge in [-0.3, -0.25) is 0 Å². The van der Waals surface area contributed by atoms with Gasteiger partial charge in [0.2, 0.25) is 0 Å². The largest absolute Gasteiger partial charge is 0.373 e. The molecule has 1 aliphatic heterocycles. The smallest absolute Gasteiger partial charge is 0.260 e. The molecule has 6 nitrogen and oxygen atoms in total. The van der Waals surface area contributed by atoms with Crippen molar-refractivity contribution in [3.8, 4) is 0 Å². The number of ether oxygens (including phenoxy) is 1. The van der Waals surface area contributed by atoms with E-state index in [0.29, 0.717) is 19.6 Å². The number of sulfonamides is 1. The van der Waals surface area contributed by atoms with Gasteiger partial charge in [0.25, 0.3) is 10.0 Å². The summed E-state index contributed by atoms with van der Waals surface area (Å²) in [4.78, 5) is 4.12. The van der Waals surface area contributed by atoms with Gasteiger partial charge in [0.15, 0.2) is 5.03 Å². The van der Waals surface area contributed by atoms with E-state index in [-0.39, 0.29) is 17.2 Å². The average Bonchev–Trinajstić information content (AvgIpc) is 2.44. The molecule has 0 aromatic carbocycles. The van der Waals surface area contributed by atoms with Crippen LogP contribution in [0.25, 0.3) is 0 Å². The van der Waals surface area contributed by atoms with E-state index >= 15 is 0 Å². The molecule has 0 saturated carbocycles. The molecule has 2 heterocycles. The molecule has 1 fully saturated rings. The summed E-state index contributed by atoms with van der Waals surface area (Å²) in [6.07, 6.45) is 1.41. The van der Waals surface area contributed by atoms with Crippen molar-refractivity contribution in [3.63, 3.8) is 0 Å². The molecule has 1 aromatic rings. The van der Waals surface area contributed by atoms with Gasteiger partial charge >= 0.3 is 0 Å². The summed E-state index contributed by atoms with van der Waals surface area (Å²) in [6, 6.07) is 3.38. The maximum absolute atomic E-state index is 12.6. The van der Waals surface area contributed by atoms with E-state index in [1.807, 2.05) is 20.8 Å². The minimum atomic E-state index is -3.54. The summed E-state index contributed by atoms with van der Waals surface area (Å²) in [7, 11) is -3.54. The lowest BCUT2D eigenvalue weighted by molar-refractivity contribution is -0.0441. The minimum absolute atomic E-state index is 0.100. The fourth-order valence-corrected chi connectivity index (χ4v) is 3.90. The number of rotatable bonds is 5. The predicted octanol–water partition coefficient (Wildman–Crippen LogP) is 0.989. The molecule has 0 radical (unpaired) electrons. The molecule has 7 heteroatoms. The molecule has 118 valence electrons. The van der Waals surface area contributed by atoms with E-state index < -0.39 is 10.0 Å². The third-order valence-electron chi connectivity index (χ3n) is 3.37. The molecular weight excluding hydrogens is 290 g/mol. The monoisotopic (exact) mass is 313 g/mol. The van der Waals surface area contributed by atoms with E-state index in [4.69, 9.17) is 4.74 Å². The molecule has 1 saturated heterocycles. The highest BCUT2D eigenvalue weighted by molar-refractivity contribution is 7.89. The molecule has 0 spiro atoms. The Morgan fingerprint density at radius 3 is 2.52 bits per heavy atom. The summed E-state index contributed by atoms with van der Waals surface area (Å²) in [5.74, 6) is 0. The number of hydrogen-bond donors (Lipinski definition) is 1. The van der Waals surface area contributed by atoms with E-state index in [1.165, 1.54) is 4.31 Å². The molecule has 1 N–H and O–H groups in total. The highest BCUT2D eigenvalue weighted by Gasteiger charge is 2.32. The van der Waals surface area contributed by atoms with E-state index in [9.17, 15) is 8.42 Å². The summed E-state index contributed by atoms with van der Waals surface area (Å²) in [5.41, 5.74) is 0.972. The second-order valence-electron chi connectivity index (χ2n) is 5.36. The first-order chi connectivity index (χ1) is 9.93. The van der Waals surface area contributed by atoms with E-state index in [0.717, 1.165) is 12.1 Å². The number of morpholine rings is 1. The zero-order valence-corrected chi connectivity index (χ0v) is 13.6. The van der Waals surface area contributed by atoms with Gasteiger partial charge in [-0.15, -0.1) is 0 Å². The number of nitrogens with zero attached hydrogens (tertiary/aromatic N) is 2. The van der Waals surface area contributed by atoms with E-state index in [2.05, 4.69) is 10.3 Å². The standard InChI is InChI=1S/C14H23N3O3S/c1-4-15-7-13-5-6-14(16-8-13)21(18,19)17-9-11(2)20-12(3)10-17/h5-6,8,11-12,15H,4,7,9-10H2,1-3H3. The molecule has 2 rings (SSSR count). The van der Waals surface area contributed by atoms with Gasteiger partial charge in [-0.25, -0.2) is 13.4 Å². The fraction of sp³-hybridized carbons (Fsp3) is 0.643. The van der Waals surface area contributed by atoms with Crippen LogP contribution in [0.4, 0.5) is 0 Å². The van der Waals surface area contributed by atoms with Crippen LogP contribution in [0.1, 0.15) is 26.3 Å². The Hall–Kier alpha value is -1.02. The van der Waals surface area contributed by atoms with E-state index in [1.54, 1.807) is 18.3 Å². The highest BCUT2D eigenvalue weighted by Crippen LogP contribution is 2.19. The Labute approximate surface area is 126 Å². The first-order valence-electron chi connectivity index (χ1n) is 7.24. The van der Waals surface area contributed by atoms with Crippen LogP contribution >= 0.6 is 0 Å². The van der Waals surface area contributed by atoms with Crippen molar-refractivity contribution in [2.45, 2.75) is 44.5 Å². The molecule has 1 aliphatic rings. The zero-order valence-electron chi connectivity index (χ0n) is 12.7. The maximum Gasteiger partial charge on any atom is 0.260 e. The van der Waals surface area contributed by atoms with Crippen LogP contribution in [0.5, 0.6) is 0 Å². The quantitative estimate of drug-likeness (QED) is 0.878. The molecule has 2 atom stereocenters. The molecule has 0 amide bonds. The van der Waals surface area contributed by atoms with Crippen LogP contribution in [-0.4, -0.2) is 49.5 Å². The van der Waals surface area contributed by atoms with Crippen LogP contribution < -0.4 is 5.32 Å². The number of hydrogen-bond acceptors (Lipinski definition) is 5. The SMILES string of the molecule is CCNCc1ccc(S(=O)(=O)N2CC(C)OC(C)C2)nc1. The normalized spacial score (nSPS) is 24.1. The van der Waals surface area contributed by atoms with Crippen molar-refractivity contribution in [3.05, 3.63) is 23.9 Å². The second kappa shape index (κ2) is 6.83. The van der Waals surface area contributed by atoms with Gasteiger partial charge in [0, 0.05) is 25.8 Å². The van der Waals surface area contributed by atoms with Gasteiger partial charge < -0.3 is 10.1 Å². The van der Waals surface area contributed by atoms with Crippen molar-refractivity contribution in [2.75, 3.05) is 19.6 Å². The first kappa shape index (κ1) is 16.4. The Bertz CT molecular complexity index is 549. The summed E-state index contributed by atoms with van der Waals surface area (Å²) in [5, 5.41) is 3.28. The zero-order chi connectivity index (χ0) is 15.5. The third-order valence-corrected chi connectivity index (χ3v) is 5.12. The summed E-state index contributed by atoms with van der Waals surface area (Å²) < 4.78 is 32.2. The van der Waals surface area contributed by atoms with Crippen molar-refractivity contribution in [1.29, 1.82) is 0 Å². The van der Waals surface area contributed by atoms with Gasteiger partial charge in [0.1, 0.15) is 0 Å². The number of pyridine rings is 1. The van der Waals surface area contributed by atoms with Crippen LogP contribution in [0, 0.1) is 0 Å². The molecule has 21 heavy (non-hydrogen) atoms. The lowest BCUT2D eigenvalue weighted by atomic mass is 10.3. The molecule has 0 bridgehead atoms. The van der Waals surface area contributed by atoms with Crippen molar-refractivity contribution >= 4 is 10.0 Å². The first-order valence-corrected chi connectivity index (χ1v) is 8.68. The van der Waals surface area contributed by atoms with Crippen molar-refractivity contribution in [1.82, 2.24) is 14.6 Å². The topological polar surface area (TPSA) is 71.5 Å². The Morgan fingerprint density at radius 2 is 2.00 bits per heavy atom. The minimum Gasteiger partial charge on any atom is -0.373 e. The van der Waals surface area contributed by atoms with Crippen LogP contribution in [-0.2, 0) is 21.3 Å². The highest BCUT2D eigenvalue weighted by atomic mass is 32.2. The average molecular weight is 313 g/mol. The number of nitrogens with one attached hydrogen (secondary N) is 1. The Balaban J connectivity index is 2.15. The molecule has 0 aliphatic carbocycles.